The zero-order valence-electron chi connectivity index (χ0n) is 16.9. The Balaban J connectivity index is 1.21. The molecule has 9 nitrogen and oxygen atoms in total. The molecule has 0 aromatic carbocycles. The minimum Gasteiger partial charge on any atom is -0.337 e. The number of fused-ring (bicyclic) bond motifs is 2. The lowest BCUT2D eigenvalue weighted by Gasteiger charge is -2.04. The Morgan fingerprint density at radius 3 is 2.97 bits per heavy atom. The van der Waals surface area contributed by atoms with Gasteiger partial charge in [0.25, 0.3) is 5.56 Å². The van der Waals surface area contributed by atoms with E-state index in [1.807, 2.05) is 6.07 Å². The first-order chi connectivity index (χ1) is 15.0. The highest BCUT2D eigenvalue weighted by Gasteiger charge is 2.55. The second-order valence-electron chi connectivity index (χ2n) is 8.15. The maximum Gasteiger partial charge on any atom is 0.265 e. The fourth-order valence-corrected chi connectivity index (χ4v) is 4.83. The van der Waals surface area contributed by atoms with Crippen LogP contribution in [0.25, 0.3) is 16.6 Å². The van der Waals surface area contributed by atoms with Crippen molar-refractivity contribution in [3.05, 3.63) is 69.2 Å². The largest absolute Gasteiger partial charge is 0.337 e. The molecule has 0 saturated heterocycles. The van der Waals surface area contributed by atoms with Crippen LogP contribution in [-0.4, -0.2) is 34.5 Å². The number of hydrogen-bond acceptors (Lipinski definition) is 7. The minimum atomic E-state index is -0.166. The van der Waals surface area contributed by atoms with E-state index in [1.165, 1.54) is 16.5 Å². The molecule has 31 heavy (non-hydrogen) atoms. The number of pyridine rings is 1. The molecule has 3 unspecified atom stereocenters. The molecule has 2 aliphatic rings. The topological polar surface area (TPSA) is 105 Å². The number of hydrogen-bond donors (Lipinski definition) is 0. The van der Waals surface area contributed by atoms with Crippen LogP contribution in [0, 0.1) is 18.8 Å². The standard InChI is InChI=1S/C21H18ClN7O2/c1-10-17-20(28(2)26-10)24-9-29(21(17)30)8-16-25-19(27-31-16)18-13-5-11(6-14(13)18)15-7-12(22)3-4-23-15/h3-5,7,9,13-14,18H,6,8H2,1-2H3. The molecule has 0 radical (unpaired) electrons. The molecule has 4 aromatic heterocycles. The van der Waals surface area contributed by atoms with E-state index in [2.05, 4.69) is 31.3 Å². The van der Waals surface area contributed by atoms with Gasteiger partial charge in [0.15, 0.2) is 11.5 Å². The fraction of sp³-hybridized carbons (Fsp3) is 0.333. The lowest BCUT2D eigenvalue weighted by Crippen LogP contribution is -2.21. The molecule has 0 amide bonds. The molecule has 10 heteroatoms. The Morgan fingerprint density at radius 2 is 2.19 bits per heavy atom. The molecule has 0 N–H and O–H groups in total. The summed E-state index contributed by atoms with van der Waals surface area (Å²) in [7, 11) is 1.77. The summed E-state index contributed by atoms with van der Waals surface area (Å²) in [6.07, 6.45) is 6.39. The van der Waals surface area contributed by atoms with Crippen molar-refractivity contribution < 1.29 is 4.52 Å². The molecule has 0 spiro atoms. The van der Waals surface area contributed by atoms with Crippen LogP contribution in [0.1, 0.15) is 35.4 Å². The summed E-state index contributed by atoms with van der Waals surface area (Å²) in [5.41, 5.74) is 3.20. The van der Waals surface area contributed by atoms with Gasteiger partial charge in [0.2, 0.25) is 5.89 Å². The zero-order chi connectivity index (χ0) is 21.3. The summed E-state index contributed by atoms with van der Waals surface area (Å²) in [6.45, 7) is 1.98. The SMILES string of the molecule is Cc1nn(C)c2ncn(Cc3nc(C4C5C=C(c6cc(Cl)ccn6)CC54)no3)c(=O)c12. The van der Waals surface area contributed by atoms with Crippen molar-refractivity contribution in [2.24, 2.45) is 18.9 Å². The average molecular weight is 436 g/mol. The monoisotopic (exact) mass is 435 g/mol. The number of aryl methyl sites for hydroxylation is 2. The molecule has 6 rings (SSSR count). The van der Waals surface area contributed by atoms with Crippen LogP contribution in [0.15, 0.2) is 40.1 Å². The molecule has 1 saturated carbocycles. The molecule has 0 bridgehead atoms. The van der Waals surface area contributed by atoms with Gasteiger partial charge in [-0.15, -0.1) is 0 Å². The van der Waals surface area contributed by atoms with Gasteiger partial charge in [-0.2, -0.15) is 10.1 Å². The van der Waals surface area contributed by atoms with E-state index < -0.39 is 0 Å². The normalized spacial score (nSPS) is 22.0. The van der Waals surface area contributed by atoms with E-state index >= 15 is 0 Å². The van der Waals surface area contributed by atoms with Crippen molar-refractivity contribution in [3.63, 3.8) is 0 Å². The number of halogens is 1. The summed E-state index contributed by atoms with van der Waals surface area (Å²) >= 11 is 6.08. The summed E-state index contributed by atoms with van der Waals surface area (Å²) < 4.78 is 8.53. The third kappa shape index (κ3) is 2.91. The van der Waals surface area contributed by atoms with E-state index in [9.17, 15) is 4.79 Å². The predicted molar refractivity (Wildman–Crippen MR) is 112 cm³/mol. The molecule has 156 valence electrons. The molecule has 4 heterocycles. The quantitative estimate of drug-likeness (QED) is 0.485. The van der Waals surface area contributed by atoms with Crippen LogP contribution >= 0.6 is 11.6 Å². The van der Waals surface area contributed by atoms with E-state index in [1.54, 1.807) is 30.9 Å². The Hall–Kier alpha value is -3.33. The van der Waals surface area contributed by atoms with Gasteiger partial charge in [-0.25, -0.2) is 9.67 Å². The summed E-state index contributed by atoms with van der Waals surface area (Å²) in [4.78, 5) is 26.2. The third-order valence-corrected chi connectivity index (χ3v) is 6.44. The Bertz CT molecular complexity index is 1430. The van der Waals surface area contributed by atoms with E-state index in [0.717, 1.165) is 12.1 Å². The van der Waals surface area contributed by atoms with Gasteiger partial charge in [-0.05, 0) is 42.9 Å². The predicted octanol–water partition coefficient (Wildman–Crippen LogP) is 2.74. The molecule has 4 aromatic rings. The van der Waals surface area contributed by atoms with Crippen LogP contribution in [0.2, 0.25) is 5.02 Å². The highest BCUT2D eigenvalue weighted by molar-refractivity contribution is 6.30. The van der Waals surface area contributed by atoms with Crippen molar-refractivity contribution in [3.8, 4) is 0 Å². The van der Waals surface area contributed by atoms with Gasteiger partial charge in [0.1, 0.15) is 18.3 Å². The first-order valence-electron chi connectivity index (χ1n) is 10.0. The molecule has 0 aliphatic heterocycles. The highest BCUT2D eigenvalue weighted by atomic mass is 35.5. The summed E-state index contributed by atoms with van der Waals surface area (Å²) in [5.74, 6) is 2.18. The van der Waals surface area contributed by atoms with Crippen LogP contribution in [0.4, 0.5) is 0 Å². The smallest absolute Gasteiger partial charge is 0.265 e. The van der Waals surface area contributed by atoms with Gasteiger partial charge < -0.3 is 4.52 Å². The van der Waals surface area contributed by atoms with Crippen LogP contribution in [-0.2, 0) is 13.6 Å². The second-order valence-corrected chi connectivity index (χ2v) is 8.59. The zero-order valence-corrected chi connectivity index (χ0v) is 17.6. The van der Waals surface area contributed by atoms with Gasteiger partial charge >= 0.3 is 0 Å². The maximum atomic E-state index is 12.8. The minimum absolute atomic E-state index is 0.166. The fourth-order valence-electron chi connectivity index (χ4n) is 4.67. The van der Waals surface area contributed by atoms with Crippen molar-refractivity contribution in [2.45, 2.75) is 25.8 Å². The van der Waals surface area contributed by atoms with Crippen LogP contribution in [0.3, 0.4) is 0 Å². The van der Waals surface area contributed by atoms with Gasteiger partial charge in [0, 0.05) is 24.2 Å². The van der Waals surface area contributed by atoms with Crippen LogP contribution in [0.5, 0.6) is 0 Å². The number of aromatic nitrogens is 7. The lowest BCUT2D eigenvalue weighted by atomic mass is 10.1. The van der Waals surface area contributed by atoms with Gasteiger partial charge in [-0.3, -0.25) is 14.3 Å². The Kier molecular flexibility index (Phi) is 3.92. The Morgan fingerprint density at radius 1 is 1.32 bits per heavy atom. The molecular formula is C21H18ClN7O2. The van der Waals surface area contributed by atoms with Crippen molar-refractivity contribution in [1.29, 1.82) is 0 Å². The molecule has 2 aliphatic carbocycles. The first-order valence-corrected chi connectivity index (χ1v) is 10.4. The van der Waals surface area contributed by atoms with E-state index in [4.69, 9.17) is 16.1 Å². The summed E-state index contributed by atoms with van der Waals surface area (Å²) in [5, 5.41) is 9.65. The van der Waals surface area contributed by atoms with Crippen molar-refractivity contribution >= 4 is 28.2 Å². The highest BCUT2D eigenvalue weighted by Crippen LogP contribution is 2.62. The molecular weight excluding hydrogens is 418 g/mol. The van der Waals surface area contributed by atoms with Crippen molar-refractivity contribution in [1.82, 2.24) is 34.5 Å². The van der Waals surface area contributed by atoms with E-state index in [-0.39, 0.29) is 18.0 Å². The van der Waals surface area contributed by atoms with Gasteiger partial charge in [-0.1, -0.05) is 22.8 Å². The number of nitrogens with zero attached hydrogens (tertiary/aromatic N) is 7. The third-order valence-electron chi connectivity index (χ3n) is 6.20. The van der Waals surface area contributed by atoms with Crippen molar-refractivity contribution in [2.75, 3.05) is 0 Å². The van der Waals surface area contributed by atoms with Crippen LogP contribution < -0.4 is 5.56 Å². The molecule has 3 atom stereocenters. The maximum absolute atomic E-state index is 12.8. The van der Waals surface area contributed by atoms with E-state index in [0.29, 0.717) is 45.3 Å². The average Bonchev–Trinajstić information content (AvgIpc) is 3.12. The number of allylic oxidation sites excluding steroid dienone is 2. The number of rotatable bonds is 4. The lowest BCUT2D eigenvalue weighted by molar-refractivity contribution is 0.364. The second kappa shape index (κ2) is 6.58. The summed E-state index contributed by atoms with van der Waals surface area (Å²) in [6, 6.07) is 3.67. The van der Waals surface area contributed by atoms with Gasteiger partial charge in [0.05, 0.1) is 11.4 Å². The Labute approximate surface area is 181 Å². The first kappa shape index (κ1) is 18.4. The molecule has 1 fully saturated rings.